The zero-order valence-corrected chi connectivity index (χ0v) is 6.70. The second-order valence-electron chi connectivity index (χ2n) is 2.20. The second-order valence-corrected chi connectivity index (χ2v) is 2.57. The molecule has 0 aromatic heterocycles. The molecule has 0 saturated carbocycles. The average molecular weight is 194 g/mol. The summed E-state index contributed by atoms with van der Waals surface area (Å²) in [7, 11) is 0. The van der Waals surface area contributed by atoms with Gasteiger partial charge in [0, 0.05) is 12.6 Å². The van der Waals surface area contributed by atoms with Crippen LogP contribution in [-0.2, 0) is 6.54 Å². The highest BCUT2D eigenvalue weighted by atomic mass is 35.5. The summed E-state index contributed by atoms with van der Waals surface area (Å²) in [5, 5.41) is 8.09. The first kappa shape index (κ1) is 9.38. The summed E-state index contributed by atoms with van der Waals surface area (Å²) in [5.41, 5.74) is 1.94. The van der Waals surface area contributed by atoms with Gasteiger partial charge in [0.25, 0.3) is 0 Å². The molecule has 66 valence electrons. The highest BCUT2D eigenvalue weighted by Crippen LogP contribution is 2.21. The van der Waals surface area contributed by atoms with Crippen LogP contribution < -0.4 is 5.48 Å². The van der Waals surface area contributed by atoms with Crippen molar-refractivity contribution in [2.24, 2.45) is 0 Å². The van der Waals surface area contributed by atoms with Gasteiger partial charge in [-0.05, 0) is 11.6 Å². The number of nitrogens with one attached hydrogen (secondary N) is 1. The molecule has 2 N–H and O–H groups in total. The maximum Gasteiger partial charge on any atom is 0.145 e. The fourth-order valence-corrected chi connectivity index (χ4v) is 0.999. The molecule has 1 rings (SSSR count). The predicted molar refractivity (Wildman–Crippen MR) is 40.0 cm³/mol. The molecule has 0 amide bonds. The number of hydrogen-bond acceptors (Lipinski definition) is 2. The van der Waals surface area contributed by atoms with E-state index in [1.807, 2.05) is 0 Å². The average Bonchev–Trinajstić information content (AvgIpc) is 2.00. The maximum atomic E-state index is 12.7. The van der Waals surface area contributed by atoms with Crippen molar-refractivity contribution in [1.29, 1.82) is 0 Å². The van der Waals surface area contributed by atoms with E-state index < -0.39 is 11.6 Å². The Bertz CT molecular complexity index is 293. The Morgan fingerprint density at radius 3 is 2.67 bits per heavy atom. The van der Waals surface area contributed by atoms with Crippen LogP contribution in [0.5, 0.6) is 0 Å². The van der Waals surface area contributed by atoms with Crippen LogP contribution in [0.1, 0.15) is 5.56 Å². The van der Waals surface area contributed by atoms with E-state index >= 15 is 0 Å². The minimum Gasteiger partial charge on any atom is -0.316 e. The van der Waals surface area contributed by atoms with Crippen LogP contribution in [0.25, 0.3) is 0 Å². The van der Waals surface area contributed by atoms with Crippen LogP contribution in [0.3, 0.4) is 0 Å². The van der Waals surface area contributed by atoms with Crippen LogP contribution in [0.15, 0.2) is 12.1 Å². The van der Waals surface area contributed by atoms with Gasteiger partial charge in [-0.25, -0.2) is 14.3 Å². The van der Waals surface area contributed by atoms with Gasteiger partial charge in [-0.1, -0.05) is 11.6 Å². The fraction of sp³-hybridized carbons (Fsp3) is 0.143. The van der Waals surface area contributed by atoms with Crippen LogP contribution >= 0.6 is 11.6 Å². The van der Waals surface area contributed by atoms with Gasteiger partial charge < -0.3 is 5.21 Å². The van der Waals surface area contributed by atoms with Gasteiger partial charge in [0.15, 0.2) is 0 Å². The third-order valence-electron chi connectivity index (χ3n) is 1.34. The lowest BCUT2D eigenvalue weighted by atomic mass is 10.2. The van der Waals surface area contributed by atoms with Gasteiger partial charge in [-0.15, -0.1) is 0 Å². The topological polar surface area (TPSA) is 32.3 Å². The van der Waals surface area contributed by atoms with Crippen molar-refractivity contribution < 1.29 is 14.0 Å². The first-order chi connectivity index (χ1) is 5.65. The maximum absolute atomic E-state index is 12.7. The molecule has 0 unspecified atom stereocenters. The molecule has 1 aromatic rings. The molecule has 5 heteroatoms. The minimum atomic E-state index is -0.832. The smallest absolute Gasteiger partial charge is 0.145 e. The highest BCUT2D eigenvalue weighted by Gasteiger charge is 2.07. The molecule has 0 aliphatic rings. The lowest BCUT2D eigenvalue weighted by Crippen LogP contribution is -2.07. The molecule has 0 saturated heterocycles. The number of hydrogen-bond donors (Lipinski definition) is 2. The van der Waals surface area contributed by atoms with Gasteiger partial charge in [0.2, 0.25) is 0 Å². The Kier molecular flexibility index (Phi) is 2.97. The summed E-state index contributed by atoms with van der Waals surface area (Å²) in [6.07, 6.45) is 0. The predicted octanol–water partition coefficient (Wildman–Crippen LogP) is 2.10. The van der Waals surface area contributed by atoms with Gasteiger partial charge in [-0.3, -0.25) is 0 Å². The third-order valence-corrected chi connectivity index (χ3v) is 1.76. The quantitative estimate of drug-likeness (QED) is 0.557. The van der Waals surface area contributed by atoms with Gasteiger partial charge in [0.1, 0.15) is 11.6 Å². The number of hydroxylamine groups is 1. The molecule has 0 atom stereocenters. The molecule has 0 bridgehead atoms. The van der Waals surface area contributed by atoms with E-state index in [0.29, 0.717) is 6.07 Å². The summed E-state index contributed by atoms with van der Waals surface area (Å²) >= 11 is 5.45. The monoisotopic (exact) mass is 193 g/mol. The molecule has 12 heavy (non-hydrogen) atoms. The molecule has 0 spiro atoms. The molecular formula is C7H6ClF2NO. The molecule has 2 nitrogen and oxygen atoms in total. The van der Waals surface area contributed by atoms with Gasteiger partial charge in [-0.2, -0.15) is 0 Å². The van der Waals surface area contributed by atoms with Crippen molar-refractivity contribution in [3.63, 3.8) is 0 Å². The lowest BCUT2D eigenvalue weighted by Gasteiger charge is -2.03. The van der Waals surface area contributed by atoms with Crippen molar-refractivity contribution in [3.8, 4) is 0 Å². The molecule has 0 heterocycles. The van der Waals surface area contributed by atoms with Crippen LogP contribution in [-0.4, -0.2) is 5.21 Å². The Hall–Kier alpha value is -0.710. The number of rotatable bonds is 2. The van der Waals surface area contributed by atoms with Gasteiger partial charge >= 0.3 is 0 Å². The molecule has 0 aliphatic heterocycles. The third kappa shape index (κ3) is 1.91. The SMILES string of the molecule is ONCc1cc(F)cc(F)c1Cl. The van der Waals surface area contributed by atoms with Crippen molar-refractivity contribution in [1.82, 2.24) is 5.48 Å². The van der Waals surface area contributed by atoms with Crippen molar-refractivity contribution in [2.75, 3.05) is 0 Å². The molecule has 0 radical (unpaired) electrons. The van der Waals surface area contributed by atoms with Crippen molar-refractivity contribution >= 4 is 11.6 Å². The fourth-order valence-electron chi connectivity index (χ4n) is 0.823. The zero-order chi connectivity index (χ0) is 9.14. The van der Waals surface area contributed by atoms with Gasteiger partial charge in [0.05, 0.1) is 5.02 Å². The molecule has 1 aromatic carbocycles. The van der Waals surface area contributed by atoms with E-state index in [9.17, 15) is 8.78 Å². The normalized spacial score (nSPS) is 10.3. The first-order valence-corrected chi connectivity index (χ1v) is 3.53. The van der Waals surface area contributed by atoms with Crippen LogP contribution in [0.2, 0.25) is 5.02 Å². The zero-order valence-electron chi connectivity index (χ0n) is 5.94. The van der Waals surface area contributed by atoms with Crippen molar-refractivity contribution in [2.45, 2.75) is 6.54 Å². The Balaban J connectivity index is 3.09. The summed E-state index contributed by atoms with van der Waals surface area (Å²) in [4.78, 5) is 0. The number of benzene rings is 1. The number of halogens is 3. The Labute approximate surface area is 72.7 Å². The standard InChI is InChI=1S/C7H6ClF2NO/c8-7-4(3-11-12)1-5(9)2-6(7)10/h1-2,11-12H,3H2. The Morgan fingerprint density at radius 1 is 1.42 bits per heavy atom. The summed E-state index contributed by atoms with van der Waals surface area (Å²) in [5.74, 6) is -1.55. The van der Waals surface area contributed by atoms with Crippen LogP contribution in [0.4, 0.5) is 8.78 Å². The summed E-state index contributed by atoms with van der Waals surface area (Å²) < 4.78 is 25.2. The molecule has 0 fully saturated rings. The highest BCUT2D eigenvalue weighted by molar-refractivity contribution is 6.31. The minimum absolute atomic E-state index is 0.0898. The lowest BCUT2D eigenvalue weighted by molar-refractivity contribution is 0.161. The summed E-state index contributed by atoms with van der Waals surface area (Å²) in [6, 6.07) is 1.73. The molecular weight excluding hydrogens is 188 g/mol. The Morgan fingerprint density at radius 2 is 2.08 bits per heavy atom. The van der Waals surface area contributed by atoms with E-state index in [0.717, 1.165) is 6.07 Å². The van der Waals surface area contributed by atoms with E-state index in [1.54, 1.807) is 5.48 Å². The van der Waals surface area contributed by atoms with E-state index in [2.05, 4.69) is 0 Å². The van der Waals surface area contributed by atoms with Crippen molar-refractivity contribution in [3.05, 3.63) is 34.4 Å². The van der Waals surface area contributed by atoms with E-state index in [-0.39, 0.29) is 17.1 Å². The second kappa shape index (κ2) is 3.80. The summed E-state index contributed by atoms with van der Waals surface area (Å²) in [6.45, 7) is -0.0898. The van der Waals surface area contributed by atoms with Crippen LogP contribution in [0, 0.1) is 11.6 Å². The largest absolute Gasteiger partial charge is 0.316 e. The van der Waals surface area contributed by atoms with E-state index in [4.69, 9.17) is 16.8 Å². The molecule has 0 aliphatic carbocycles. The van der Waals surface area contributed by atoms with E-state index in [1.165, 1.54) is 0 Å². The first-order valence-electron chi connectivity index (χ1n) is 3.15.